The van der Waals surface area contributed by atoms with Crippen LogP contribution in [-0.2, 0) is 0 Å². The Hall–Kier alpha value is -1.04. The van der Waals surface area contributed by atoms with Crippen molar-refractivity contribution in [1.82, 2.24) is 0 Å². The first kappa shape index (κ1) is 6.52. The Kier molecular flexibility index (Phi) is 2.24. The van der Waals surface area contributed by atoms with Gasteiger partial charge in [0.15, 0.2) is 0 Å². The fourth-order valence-electron chi connectivity index (χ4n) is 1.97. The van der Waals surface area contributed by atoms with Gasteiger partial charge in [-0.05, 0) is 49.9 Å². The Bertz CT molecular complexity index is 432. The van der Waals surface area contributed by atoms with E-state index in [1.165, 1.54) is 0 Å². The van der Waals surface area contributed by atoms with Crippen molar-refractivity contribution >= 4 is 0 Å². The molecular weight excluding hydrogens is 180 g/mol. The highest BCUT2D eigenvalue weighted by atomic mass is 14.2. The highest BCUT2D eigenvalue weighted by molar-refractivity contribution is 5.20. The lowest BCUT2D eigenvalue weighted by Gasteiger charge is -2.27. The van der Waals surface area contributed by atoms with Crippen molar-refractivity contribution in [2.75, 3.05) is 0 Å². The topological polar surface area (TPSA) is 0 Å². The molecular formula is C15H20. The number of hydrogen-bond donors (Lipinski definition) is 0. The van der Waals surface area contributed by atoms with Crippen LogP contribution in [0, 0.1) is 5.92 Å². The monoisotopic (exact) mass is 204 g/mol. The van der Waals surface area contributed by atoms with Crippen LogP contribution in [0.4, 0.5) is 0 Å². The second kappa shape index (κ2) is 5.16. The lowest BCUT2D eigenvalue weighted by Crippen LogP contribution is -2.11. The summed E-state index contributed by atoms with van der Waals surface area (Å²) in [5.41, 5.74) is 1.04. The Morgan fingerprint density at radius 3 is 2.47 bits per heavy atom. The largest absolute Gasteiger partial charge is 0.0914 e. The summed E-state index contributed by atoms with van der Waals surface area (Å²) < 4.78 is 32.8. The van der Waals surface area contributed by atoms with Gasteiger partial charge in [-0.15, -0.1) is 0 Å². The van der Waals surface area contributed by atoms with E-state index in [9.17, 15) is 0 Å². The molecule has 2 rings (SSSR count). The predicted octanol–water partition coefficient (Wildman–Crippen LogP) is 4.54. The van der Waals surface area contributed by atoms with Gasteiger partial charge in [0, 0.05) is 5.48 Å². The van der Waals surface area contributed by atoms with Crippen LogP contribution in [-0.4, -0.2) is 0 Å². The van der Waals surface area contributed by atoms with Crippen LogP contribution in [0.1, 0.15) is 49.5 Å². The summed E-state index contributed by atoms with van der Waals surface area (Å²) in [6.45, 7) is 1.81. The molecule has 0 spiro atoms. The van der Waals surface area contributed by atoms with Crippen molar-refractivity contribution in [1.29, 1.82) is 0 Å². The van der Waals surface area contributed by atoms with Crippen LogP contribution in [0.3, 0.4) is 0 Å². The molecule has 0 aromatic heterocycles. The Morgan fingerprint density at radius 2 is 1.87 bits per heavy atom. The van der Waals surface area contributed by atoms with Gasteiger partial charge in [0.05, 0.1) is 0 Å². The molecule has 0 heteroatoms. The molecule has 1 aliphatic rings. The lowest BCUT2D eigenvalue weighted by molar-refractivity contribution is 0.375. The molecule has 0 unspecified atom stereocenters. The third-order valence-electron chi connectivity index (χ3n) is 2.82. The van der Waals surface area contributed by atoms with Gasteiger partial charge in [0.1, 0.15) is 0 Å². The minimum atomic E-state index is -1.51. The van der Waals surface area contributed by atoms with Crippen molar-refractivity contribution in [3.05, 3.63) is 48.0 Å². The normalized spacial score (nSPS) is 37.7. The maximum absolute atomic E-state index is 8.20. The van der Waals surface area contributed by atoms with Gasteiger partial charge >= 0.3 is 0 Å². The summed E-state index contributed by atoms with van der Waals surface area (Å²) in [5.74, 6) is -0.710. The molecule has 0 amide bonds. The van der Waals surface area contributed by atoms with Gasteiger partial charge in [0.25, 0.3) is 0 Å². The number of hydrogen-bond acceptors (Lipinski definition) is 0. The van der Waals surface area contributed by atoms with Crippen molar-refractivity contribution in [2.24, 2.45) is 5.92 Å². The first-order valence-electron chi connectivity index (χ1n) is 7.54. The van der Waals surface area contributed by atoms with Crippen molar-refractivity contribution in [3.63, 3.8) is 0 Å². The first-order chi connectivity index (χ1) is 8.87. The first-order valence-corrected chi connectivity index (χ1v) is 5.54. The smallest absolute Gasteiger partial charge is 0.0273 e. The number of rotatable bonds is 2. The molecule has 1 saturated carbocycles. The van der Waals surface area contributed by atoms with Crippen LogP contribution in [0.25, 0.3) is 0 Å². The van der Waals surface area contributed by atoms with E-state index >= 15 is 0 Å². The summed E-state index contributed by atoms with van der Waals surface area (Å²) in [4.78, 5) is 0. The summed E-state index contributed by atoms with van der Waals surface area (Å²) in [6, 6.07) is 9.72. The molecule has 0 atom stereocenters. The third-order valence-corrected chi connectivity index (χ3v) is 2.82. The lowest BCUT2D eigenvalue weighted by atomic mass is 9.79. The zero-order valence-corrected chi connectivity index (χ0v) is 9.11. The molecule has 15 heavy (non-hydrogen) atoms. The number of benzene rings is 1. The molecule has 0 aliphatic heterocycles. The minimum absolute atomic E-state index is 0.0484. The average molecular weight is 204 g/mol. The molecule has 80 valence electrons. The van der Waals surface area contributed by atoms with E-state index in [0.717, 1.165) is 5.56 Å². The zero-order valence-electron chi connectivity index (χ0n) is 13.1. The minimum Gasteiger partial charge on any atom is -0.0914 e. The maximum Gasteiger partial charge on any atom is 0.0273 e. The summed E-state index contributed by atoms with van der Waals surface area (Å²) in [5, 5.41) is 0. The van der Waals surface area contributed by atoms with Crippen LogP contribution < -0.4 is 0 Å². The van der Waals surface area contributed by atoms with E-state index in [1.807, 2.05) is 37.3 Å². The highest BCUT2D eigenvalue weighted by Crippen LogP contribution is 2.35. The number of allylic oxidation sites excluding steroid dienone is 2. The van der Waals surface area contributed by atoms with Crippen molar-refractivity contribution in [2.45, 2.75) is 38.4 Å². The van der Waals surface area contributed by atoms with Gasteiger partial charge in [0.2, 0.25) is 0 Å². The quantitative estimate of drug-likeness (QED) is 0.621. The molecule has 0 nitrogen and oxygen atoms in total. The Morgan fingerprint density at radius 1 is 1.20 bits per heavy atom. The summed E-state index contributed by atoms with van der Waals surface area (Å²) in [7, 11) is 0. The van der Waals surface area contributed by atoms with E-state index in [2.05, 4.69) is 0 Å². The van der Waals surface area contributed by atoms with Gasteiger partial charge < -0.3 is 0 Å². The molecule has 0 saturated heterocycles. The fourth-order valence-corrected chi connectivity index (χ4v) is 1.97. The summed E-state index contributed by atoms with van der Waals surface area (Å²) in [6.07, 6.45) is 1.19. The van der Waals surface area contributed by atoms with Crippen LogP contribution in [0.5, 0.6) is 0 Å². The molecule has 1 fully saturated rings. The second-order valence-electron chi connectivity index (χ2n) is 3.93. The second-order valence-corrected chi connectivity index (χ2v) is 3.93. The van der Waals surface area contributed by atoms with Crippen LogP contribution >= 0.6 is 0 Å². The predicted molar refractivity (Wildman–Crippen MR) is 66.0 cm³/mol. The van der Waals surface area contributed by atoms with Crippen LogP contribution in [0.2, 0.25) is 0 Å². The summed E-state index contributed by atoms with van der Waals surface area (Å²) >= 11 is 0. The Balaban J connectivity index is 2.31. The third kappa shape index (κ3) is 2.71. The van der Waals surface area contributed by atoms with E-state index in [-0.39, 0.29) is 5.92 Å². The molecule has 0 bridgehead atoms. The maximum atomic E-state index is 8.20. The fraction of sp³-hybridized carbons (Fsp3) is 0.467. The van der Waals surface area contributed by atoms with Crippen molar-refractivity contribution in [3.8, 4) is 0 Å². The van der Waals surface area contributed by atoms with Crippen LogP contribution in [0.15, 0.2) is 42.5 Å². The SMILES string of the molecule is [2H]C1([2H])CC(c2ccccc2)CC([2H])([2H])C1C=CC. The van der Waals surface area contributed by atoms with Crippen molar-refractivity contribution < 1.29 is 5.48 Å². The van der Waals surface area contributed by atoms with Gasteiger partial charge in [-0.25, -0.2) is 0 Å². The van der Waals surface area contributed by atoms with E-state index in [4.69, 9.17) is 5.48 Å². The van der Waals surface area contributed by atoms with E-state index in [0.29, 0.717) is 12.8 Å². The zero-order chi connectivity index (χ0) is 14.1. The van der Waals surface area contributed by atoms with E-state index in [1.54, 1.807) is 12.2 Å². The molecule has 1 aliphatic carbocycles. The molecule has 0 radical (unpaired) electrons. The molecule has 1 aromatic carbocycles. The Labute approximate surface area is 98.6 Å². The van der Waals surface area contributed by atoms with Gasteiger partial charge in [-0.2, -0.15) is 0 Å². The van der Waals surface area contributed by atoms with Gasteiger partial charge in [-0.3, -0.25) is 0 Å². The molecule has 0 N–H and O–H groups in total. The van der Waals surface area contributed by atoms with Gasteiger partial charge in [-0.1, -0.05) is 42.5 Å². The molecule has 0 heterocycles. The average Bonchev–Trinajstić information content (AvgIpc) is 2.34. The standard InChI is InChI=1S/C15H20/c1-2-6-13-9-11-15(12-10-13)14-7-4-3-5-8-14/h2-8,13,15H,9-12H2,1H3/i9D2,10D2. The molecule has 1 aromatic rings. The van der Waals surface area contributed by atoms with E-state index < -0.39 is 18.7 Å². The highest BCUT2D eigenvalue weighted by Gasteiger charge is 2.20.